The number of rotatable bonds is 3. The summed E-state index contributed by atoms with van der Waals surface area (Å²) in [4.78, 5) is 14.4. The van der Waals surface area contributed by atoms with E-state index >= 15 is 0 Å². The van der Waals surface area contributed by atoms with E-state index in [1.165, 1.54) is 22.6 Å². The predicted octanol–water partition coefficient (Wildman–Crippen LogP) is 1.27. The summed E-state index contributed by atoms with van der Waals surface area (Å²) in [5, 5.41) is 16.6. The maximum Gasteiger partial charge on any atom is 0.253 e. The molecule has 0 saturated carbocycles. The van der Waals surface area contributed by atoms with Crippen LogP contribution in [0.25, 0.3) is 0 Å². The fraction of sp³-hybridized carbons (Fsp3) is 0.412. The predicted molar refractivity (Wildman–Crippen MR) is 91.4 cm³/mol. The second-order valence-electron chi connectivity index (χ2n) is 6.64. The second-order valence-corrected chi connectivity index (χ2v) is 8.48. The Morgan fingerprint density at radius 3 is 2.58 bits per heavy atom. The molecule has 3 heterocycles. The van der Waals surface area contributed by atoms with Crippen LogP contribution in [0.2, 0.25) is 0 Å². The quantitative estimate of drug-likeness (QED) is 0.797. The fourth-order valence-electron chi connectivity index (χ4n) is 3.86. The molecule has 2 saturated heterocycles. The van der Waals surface area contributed by atoms with Gasteiger partial charge in [0.05, 0.1) is 34.8 Å². The number of likely N-dealkylation sites (tertiary alicyclic amines) is 1. The van der Waals surface area contributed by atoms with Crippen LogP contribution in [0.5, 0.6) is 0 Å². The van der Waals surface area contributed by atoms with Gasteiger partial charge in [-0.1, -0.05) is 6.07 Å². The Morgan fingerprint density at radius 1 is 1.23 bits per heavy atom. The van der Waals surface area contributed by atoms with E-state index in [0.29, 0.717) is 24.2 Å². The highest BCUT2D eigenvalue weighted by molar-refractivity contribution is 7.89. The van der Waals surface area contributed by atoms with Crippen LogP contribution >= 0.6 is 0 Å². The summed E-state index contributed by atoms with van der Waals surface area (Å²) < 4.78 is 27.8. The third kappa shape index (κ3) is 2.71. The number of carbonyl (C=O) groups excluding carboxylic acids is 1. The SMILES string of the molecule is N#Cc1cccc(S(=O)(=O)N2C3CCC2CN(C(=O)C2=CN=NC2)C3)c1. The number of nitrogens with zero attached hydrogens (tertiary/aromatic N) is 5. The molecule has 0 spiro atoms. The van der Waals surface area contributed by atoms with E-state index < -0.39 is 10.0 Å². The van der Waals surface area contributed by atoms with Gasteiger partial charge in [-0.15, -0.1) is 0 Å². The Kier molecular flexibility index (Phi) is 4.09. The average molecular weight is 371 g/mol. The van der Waals surface area contributed by atoms with Gasteiger partial charge in [-0.05, 0) is 31.0 Å². The highest BCUT2D eigenvalue weighted by Gasteiger charge is 2.48. The molecular formula is C17H17N5O3S. The first-order valence-corrected chi connectivity index (χ1v) is 9.83. The zero-order valence-electron chi connectivity index (χ0n) is 13.9. The van der Waals surface area contributed by atoms with Gasteiger partial charge in [0.15, 0.2) is 0 Å². The molecule has 0 N–H and O–H groups in total. The molecule has 3 aliphatic heterocycles. The van der Waals surface area contributed by atoms with Crippen molar-refractivity contribution in [3.8, 4) is 6.07 Å². The normalized spacial score (nSPS) is 25.2. The van der Waals surface area contributed by atoms with Gasteiger partial charge in [0, 0.05) is 25.2 Å². The van der Waals surface area contributed by atoms with Gasteiger partial charge in [-0.2, -0.15) is 19.8 Å². The van der Waals surface area contributed by atoms with E-state index in [1.54, 1.807) is 17.0 Å². The minimum absolute atomic E-state index is 0.115. The van der Waals surface area contributed by atoms with E-state index in [4.69, 9.17) is 5.26 Å². The van der Waals surface area contributed by atoms with Crippen LogP contribution in [0, 0.1) is 11.3 Å². The monoisotopic (exact) mass is 371 g/mol. The number of fused-ring (bicyclic) bond motifs is 2. The van der Waals surface area contributed by atoms with Gasteiger partial charge in [0.2, 0.25) is 10.0 Å². The van der Waals surface area contributed by atoms with Crippen LogP contribution in [0.3, 0.4) is 0 Å². The molecule has 2 unspecified atom stereocenters. The number of sulfonamides is 1. The van der Waals surface area contributed by atoms with Crippen LogP contribution in [-0.4, -0.2) is 55.2 Å². The van der Waals surface area contributed by atoms with Crippen LogP contribution in [-0.2, 0) is 14.8 Å². The molecule has 0 aromatic heterocycles. The smallest absolute Gasteiger partial charge is 0.253 e. The topological polar surface area (TPSA) is 106 Å². The molecule has 1 amide bonds. The molecule has 8 nitrogen and oxygen atoms in total. The highest BCUT2D eigenvalue weighted by atomic mass is 32.2. The molecule has 26 heavy (non-hydrogen) atoms. The Morgan fingerprint density at radius 2 is 1.96 bits per heavy atom. The molecule has 0 aliphatic carbocycles. The molecule has 4 rings (SSSR count). The Bertz CT molecular complexity index is 949. The lowest BCUT2D eigenvalue weighted by atomic mass is 10.2. The van der Waals surface area contributed by atoms with Gasteiger partial charge in [-0.25, -0.2) is 8.42 Å². The molecule has 3 aliphatic rings. The van der Waals surface area contributed by atoms with E-state index in [1.807, 2.05) is 6.07 Å². The van der Waals surface area contributed by atoms with Crippen LogP contribution in [0.4, 0.5) is 0 Å². The number of piperazine rings is 1. The maximum absolute atomic E-state index is 13.1. The zero-order chi connectivity index (χ0) is 18.3. The largest absolute Gasteiger partial charge is 0.336 e. The van der Waals surface area contributed by atoms with Crippen molar-refractivity contribution in [1.82, 2.24) is 9.21 Å². The Hall–Kier alpha value is -2.57. The van der Waals surface area contributed by atoms with Crippen LogP contribution in [0.15, 0.2) is 51.2 Å². The maximum atomic E-state index is 13.1. The molecule has 1 aromatic carbocycles. The van der Waals surface area contributed by atoms with Crippen molar-refractivity contribution < 1.29 is 13.2 Å². The number of hydrogen-bond donors (Lipinski definition) is 0. The van der Waals surface area contributed by atoms with Crippen LogP contribution < -0.4 is 0 Å². The summed E-state index contributed by atoms with van der Waals surface area (Å²) in [7, 11) is -3.71. The Balaban J connectivity index is 1.58. The van der Waals surface area contributed by atoms with Crippen molar-refractivity contribution in [2.75, 3.05) is 19.6 Å². The van der Waals surface area contributed by atoms with Crippen molar-refractivity contribution >= 4 is 15.9 Å². The number of benzene rings is 1. The van der Waals surface area contributed by atoms with E-state index in [-0.39, 0.29) is 29.4 Å². The third-order valence-corrected chi connectivity index (χ3v) is 7.05. The van der Waals surface area contributed by atoms with E-state index in [0.717, 1.165) is 12.8 Å². The Labute approximate surface area is 151 Å². The van der Waals surface area contributed by atoms with Crippen molar-refractivity contribution in [3.05, 3.63) is 41.6 Å². The van der Waals surface area contributed by atoms with Gasteiger partial charge < -0.3 is 4.90 Å². The van der Waals surface area contributed by atoms with Crippen LogP contribution in [0.1, 0.15) is 18.4 Å². The lowest BCUT2D eigenvalue weighted by Gasteiger charge is -2.40. The first-order chi connectivity index (χ1) is 12.5. The molecule has 2 atom stereocenters. The lowest BCUT2D eigenvalue weighted by molar-refractivity contribution is -0.129. The highest BCUT2D eigenvalue weighted by Crippen LogP contribution is 2.36. The van der Waals surface area contributed by atoms with E-state index in [2.05, 4.69) is 10.2 Å². The molecular weight excluding hydrogens is 354 g/mol. The van der Waals surface area contributed by atoms with Gasteiger partial charge in [0.1, 0.15) is 0 Å². The first-order valence-electron chi connectivity index (χ1n) is 8.39. The first kappa shape index (κ1) is 16.9. The summed E-state index contributed by atoms with van der Waals surface area (Å²) >= 11 is 0. The minimum Gasteiger partial charge on any atom is -0.336 e. The molecule has 2 fully saturated rings. The van der Waals surface area contributed by atoms with Crippen molar-refractivity contribution in [2.45, 2.75) is 29.8 Å². The summed E-state index contributed by atoms with van der Waals surface area (Å²) in [6.07, 6.45) is 2.92. The standard InChI is InChI=1S/C17H17N5O3S/c18-7-12-2-1-3-16(6-12)26(24,25)22-14-4-5-15(22)11-21(10-14)17(23)13-8-19-20-9-13/h1-3,6,8,14-15H,4-5,9-11H2. The van der Waals surface area contributed by atoms with Gasteiger partial charge in [0.25, 0.3) is 5.91 Å². The summed E-state index contributed by atoms with van der Waals surface area (Å²) in [6, 6.07) is 7.55. The number of azo groups is 1. The molecule has 2 bridgehead atoms. The second kappa shape index (κ2) is 6.30. The van der Waals surface area contributed by atoms with Gasteiger partial charge >= 0.3 is 0 Å². The van der Waals surface area contributed by atoms with Crippen molar-refractivity contribution in [3.63, 3.8) is 0 Å². The van der Waals surface area contributed by atoms with Gasteiger partial charge in [-0.3, -0.25) is 4.79 Å². The number of carbonyl (C=O) groups is 1. The molecule has 1 aromatic rings. The van der Waals surface area contributed by atoms with Crippen molar-refractivity contribution in [2.24, 2.45) is 10.2 Å². The minimum atomic E-state index is -3.71. The number of nitriles is 1. The lowest BCUT2D eigenvalue weighted by Crippen LogP contribution is -2.57. The number of amides is 1. The summed E-state index contributed by atoms with van der Waals surface area (Å²) in [5.41, 5.74) is 0.857. The van der Waals surface area contributed by atoms with E-state index in [9.17, 15) is 13.2 Å². The summed E-state index contributed by atoms with van der Waals surface area (Å²) in [6.45, 7) is 1.02. The molecule has 0 radical (unpaired) electrons. The molecule has 9 heteroatoms. The molecule has 134 valence electrons. The zero-order valence-corrected chi connectivity index (χ0v) is 14.8. The van der Waals surface area contributed by atoms with Crippen molar-refractivity contribution in [1.29, 1.82) is 5.26 Å². The third-order valence-electron chi connectivity index (χ3n) is 5.05. The summed E-state index contributed by atoms with van der Waals surface area (Å²) in [5.74, 6) is -0.115. The average Bonchev–Trinajstić information content (AvgIpc) is 3.28. The fourth-order valence-corrected chi connectivity index (χ4v) is 5.76. The number of hydrogen-bond acceptors (Lipinski definition) is 6.